The monoisotopic (exact) mass is 322 g/mol. The molecule has 1 fully saturated rings. The summed E-state index contributed by atoms with van der Waals surface area (Å²) in [5, 5.41) is 0.758. The van der Waals surface area contributed by atoms with Crippen molar-refractivity contribution >= 4 is 10.9 Å². The highest BCUT2D eigenvalue weighted by molar-refractivity contribution is 5.91. The standard InChI is InChI=1S/C21H23FN2/c22-18-10-7-11-19-20(18)17(12-15-24-13-5-2-6-14-24)21(23-19)16-8-3-1-4-9-16/h1,3-4,7-11,23H,2,5-6,12-15H2. The lowest BCUT2D eigenvalue weighted by Gasteiger charge is -2.26. The summed E-state index contributed by atoms with van der Waals surface area (Å²) in [6.45, 7) is 3.35. The Morgan fingerprint density at radius 1 is 0.917 bits per heavy atom. The van der Waals surface area contributed by atoms with Crippen LogP contribution in [0.3, 0.4) is 0 Å². The van der Waals surface area contributed by atoms with E-state index < -0.39 is 0 Å². The number of hydrogen-bond acceptors (Lipinski definition) is 1. The summed E-state index contributed by atoms with van der Waals surface area (Å²) in [7, 11) is 0. The zero-order valence-corrected chi connectivity index (χ0v) is 13.9. The van der Waals surface area contributed by atoms with E-state index in [4.69, 9.17) is 0 Å². The smallest absolute Gasteiger partial charge is 0.132 e. The Morgan fingerprint density at radius 2 is 1.71 bits per heavy atom. The highest BCUT2D eigenvalue weighted by Crippen LogP contribution is 2.32. The maximum atomic E-state index is 14.5. The van der Waals surface area contributed by atoms with Crippen LogP contribution in [0.5, 0.6) is 0 Å². The molecule has 124 valence electrons. The molecule has 0 bridgehead atoms. The molecule has 0 radical (unpaired) electrons. The van der Waals surface area contributed by atoms with Gasteiger partial charge in [0.05, 0.1) is 0 Å². The van der Waals surface area contributed by atoms with E-state index in [0.29, 0.717) is 0 Å². The molecule has 1 N–H and O–H groups in total. The third kappa shape index (κ3) is 2.96. The number of piperidine rings is 1. The number of rotatable bonds is 4. The van der Waals surface area contributed by atoms with Gasteiger partial charge in [0, 0.05) is 23.1 Å². The fourth-order valence-corrected chi connectivity index (χ4v) is 3.82. The second kappa shape index (κ2) is 6.78. The van der Waals surface area contributed by atoms with E-state index in [2.05, 4.69) is 22.0 Å². The van der Waals surface area contributed by atoms with Crippen molar-refractivity contribution in [1.82, 2.24) is 9.88 Å². The molecule has 4 rings (SSSR count). The minimum Gasteiger partial charge on any atom is -0.354 e. The van der Waals surface area contributed by atoms with Crippen LogP contribution in [0.4, 0.5) is 4.39 Å². The number of H-pyrrole nitrogens is 1. The van der Waals surface area contributed by atoms with E-state index in [1.807, 2.05) is 24.3 Å². The summed E-state index contributed by atoms with van der Waals surface area (Å²) in [4.78, 5) is 5.96. The van der Waals surface area contributed by atoms with Crippen LogP contribution in [0.15, 0.2) is 48.5 Å². The summed E-state index contributed by atoms with van der Waals surface area (Å²) >= 11 is 0. The predicted molar refractivity (Wildman–Crippen MR) is 97.7 cm³/mol. The molecule has 0 unspecified atom stereocenters. The van der Waals surface area contributed by atoms with Gasteiger partial charge in [0.25, 0.3) is 0 Å². The second-order valence-corrected chi connectivity index (χ2v) is 6.66. The molecule has 1 aromatic heterocycles. The maximum absolute atomic E-state index is 14.5. The van der Waals surface area contributed by atoms with Crippen molar-refractivity contribution in [2.24, 2.45) is 0 Å². The highest BCUT2D eigenvalue weighted by Gasteiger charge is 2.18. The second-order valence-electron chi connectivity index (χ2n) is 6.66. The van der Waals surface area contributed by atoms with E-state index in [0.717, 1.165) is 40.7 Å². The van der Waals surface area contributed by atoms with E-state index in [1.54, 1.807) is 12.1 Å². The average Bonchev–Trinajstić information content (AvgIpc) is 3.01. The van der Waals surface area contributed by atoms with Gasteiger partial charge in [0.15, 0.2) is 0 Å². The Kier molecular flexibility index (Phi) is 4.35. The summed E-state index contributed by atoms with van der Waals surface area (Å²) in [6, 6.07) is 15.6. The molecule has 0 aliphatic carbocycles. The number of hydrogen-bond donors (Lipinski definition) is 1. The molecule has 1 aliphatic rings. The Balaban J connectivity index is 1.73. The van der Waals surface area contributed by atoms with Crippen molar-refractivity contribution in [2.45, 2.75) is 25.7 Å². The van der Waals surface area contributed by atoms with Crippen LogP contribution >= 0.6 is 0 Å². The van der Waals surface area contributed by atoms with Gasteiger partial charge in [-0.25, -0.2) is 4.39 Å². The van der Waals surface area contributed by atoms with E-state index in [-0.39, 0.29) is 5.82 Å². The number of benzene rings is 2. The van der Waals surface area contributed by atoms with Gasteiger partial charge in [-0.05, 0) is 55.6 Å². The first-order valence-electron chi connectivity index (χ1n) is 8.90. The van der Waals surface area contributed by atoms with Crippen molar-refractivity contribution in [3.63, 3.8) is 0 Å². The van der Waals surface area contributed by atoms with E-state index in [9.17, 15) is 4.39 Å². The lowest BCUT2D eigenvalue weighted by atomic mass is 10.0. The lowest BCUT2D eigenvalue weighted by Crippen LogP contribution is -2.31. The minimum atomic E-state index is -0.125. The first-order valence-corrected chi connectivity index (χ1v) is 8.90. The maximum Gasteiger partial charge on any atom is 0.132 e. The molecule has 0 atom stereocenters. The van der Waals surface area contributed by atoms with Gasteiger partial charge in [0.2, 0.25) is 0 Å². The summed E-state index contributed by atoms with van der Waals surface area (Å²) in [5.74, 6) is -0.125. The fourth-order valence-electron chi connectivity index (χ4n) is 3.82. The van der Waals surface area contributed by atoms with Gasteiger partial charge < -0.3 is 9.88 Å². The lowest BCUT2D eigenvalue weighted by molar-refractivity contribution is 0.231. The molecule has 0 spiro atoms. The van der Waals surface area contributed by atoms with Crippen molar-refractivity contribution in [1.29, 1.82) is 0 Å². The van der Waals surface area contributed by atoms with Crippen LogP contribution in [-0.2, 0) is 6.42 Å². The Hall–Kier alpha value is -2.13. The number of nitrogens with zero attached hydrogens (tertiary/aromatic N) is 1. The summed E-state index contributed by atoms with van der Waals surface area (Å²) in [5.41, 5.74) is 4.19. The van der Waals surface area contributed by atoms with Crippen LogP contribution < -0.4 is 0 Å². The molecule has 24 heavy (non-hydrogen) atoms. The molecular formula is C21H23FN2. The highest BCUT2D eigenvalue weighted by atomic mass is 19.1. The molecule has 0 amide bonds. The van der Waals surface area contributed by atoms with Crippen molar-refractivity contribution < 1.29 is 4.39 Å². The summed E-state index contributed by atoms with van der Waals surface area (Å²) in [6.07, 6.45) is 4.79. The Labute approximate surface area is 142 Å². The molecule has 2 nitrogen and oxygen atoms in total. The topological polar surface area (TPSA) is 19.0 Å². The van der Waals surface area contributed by atoms with Crippen LogP contribution in [0.25, 0.3) is 22.2 Å². The molecule has 3 heteroatoms. The average molecular weight is 322 g/mol. The third-order valence-corrected chi connectivity index (χ3v) is 5.07. The number of aromatic amines is 1. The zero-order chi connectivity index (χ0) is 16.4. The van der Waals surface area contributed by atoms with Gasteiger partial charge in [-0.1, -0.05) is 42.8 Å². The molecule has 1 saturated heterocycles. The first kappa shape index (κ1) is 15.4. The normalized spacial score (nSPS) is 15.9. The van der Waals surface area contributed by atoms with Gasteiger partial charge >= 0.3 is 0 Å². The van der Waals surface area contributed by atoms with Crippen molar-refractivity contribution in [3.05, 3.63) is 59.9 Å². The van der Waals surface area contributed by atoms with Crippen LogP contribution in [0, 0.1) is 5.82 Å². The number of nitrogens with one attached hydrogen (secondary N) is 1. The summed E-state index contributed by atoms with van der Waals surface area (Å²) < 4.78 is 14.5. The molecule has 2 aromatic carbocycles. The number of fused-ring (bicyclic) bond motifs is 1. The van der Waals surface area contributed by atoms with Gasteiger partial charge in [-0.3, -0.25) is 0 Å². The SMILES string of the molecule is Fc1cccc2[nH]c(-c3ccccc3)c(CCN3CCCCC3)c12. The molecule has 3 aromatic rings. The van der Waals surface area contributed by atoms with Crippen molar-refractivity contribution in [2.75, 3.05) is 19.6 Å². The van der Waals surface area contributed by atoms with Crippen molar-refractivity contribution in [3.8, 4) is 11.3 Å². The van der Waals surface area contributed by atoms with E-state index >= 15 is 0 Å². The van der Waals surface area contributed by atoms with Crippen LogP contribution in [0.2, 0.25) is 0 Å². The number of halogens is 1. The van der Waals surface area contributed by atoms with E-state index in [1.165, 1.54) is 32.4 Å². The predicted octanol–water partition coefficient (Wildman–Crippen LogP) is 5.00. The third-order valence-electron chi connectivity index (χ3n) is 5.07. The molecule has 1 aliphatic heterocycles. The fraction of sp³-hybridized carbons (Fsp3) is 0.333. The molecular weight excluding hydrogens is 299 g/mol. The Bertz CT molecular complexity index is 816. The Morgan fingerprint density at radius 3 is 2.50 bits per heavy atom. The van der Waals surface area contributed by atoms with Gasteiger partial charge in [0.1, 0.15) is 5.82 Å². The van der Waals surface area contributed by atoms with Crippen LogP contribution in [0.1, 0.15) is 24.8 Å². The number of aromatic nitrogens is 1. The molecule has 2 heterocycles. The zero-order valence-electron chi connectivity index (χ0n) is 13.9. The number of likely N-dealkylation sites (tertiary alicyclic amines) is 1. The van der Waals surface area contributed by atoms with Gasteiger partial charge in [-0.15, -0.1) is 0 Å². The quantitative estimate of drug-likeness (QED) is 0.716. The van der Waals surface area contributed by atoms with Gasteiger partial charge in [-0.2, -0.15) is 0 Å². The largest absolute Gasteiger partial charge is 0.354 e. The van der Waals surface area contributed by atoms with Crippen LogP contribution in [-0.4, -0.2) is 29.5 Å². The minimum absolute atomic E-state index is 0.125. The molecule has 0 saturated carbocycles. The first-order chi connectivity index (χ1) is 11.8.